The number of rotatable bonds is 4. The maximum atomic E-state index is 13.4. The van der Waals surface area contributed by atoms with Gasteiger partial charge in [0.15, 0.2) is 0 Å². The van der Waals surface area contributed by atoms with Crippen molar-refractivity contribution >= 4 is 12.4 Å². The first-order valence-electron chi connectivity index (χ1n) is 8.06. The van der Waals surface area contributed by atoms with Crippen LogP contribution in [0.25, 0.3) is 28.3 Å². The maximum Gasteiger partial charge on any atom is 0.142 e. The molecule has 3 aromatic rings. The number of carbonyl (C=O) groups is 1. The van der Waals surface area contributed by atoms with Gasteiger partial charge in [-0.2, -0.15) is 0 Å². The lowest BCUT2D eigenvalue weighted by molar-refractivity contribution is -0.104. The highest BCUT2D eigenvalue weighted by molar-refractivity contribution is 5.92. The summed E-state index contributed by atoms with van der Waals surface area (Å²) in [6.45, 7) is 3.88. The highest BCUT2D eigenvalue weighted by Gasteiger charge is 2.17. The second-order valence-electron chi connectivity index (χ2n) is 5.81. The molecule has 0 aliphatic carbocycles. The molecule has 0 atom stereocenters. The number of aryl methyl sites for hydroxylation is 2. The van der Waals surface area contributed by atoms with Crippen molar-refractivity contribution in [1.29, 1.82) is 0 Å². The van der Waals surface area contributed by atoms with E-state index in [0.29, 0.717) is 0 Å². The molecule has 3 heteroatoms. The molecule has 3 rings (SSSR count). The summed E-state index contributed by atoms with van der Waals surface area (Å²) in [5.74, 6) is -0.280. The van der Waals surface area contributed by atoms with Crippen LogP contribution in [-0.2, 0) is 4.79 Å². The molecule has 0 amide bonds. The smallest absolute Gasteiger partial charge is 0.142 e. The molecular formula is C22H18FNO. The summed E-state index contributed by atoms with van der Waals surface area (Å²) in [6.07, 6.45) is 3.97. The topological polar surface area (TPSA) is 30.0 Å². The highest BCUT2D eigenvalue weighted by atomic mass is 19.1. The van der Waals surface area contributed by atoms with Crippen LogP contribution < -0.4 is 0 Å². The number of carbonyl (C=O) groups excluding carboxylic acids is 1. The van der Waals surface area contributed by atoms with Crippen LogP contribution in [0.2, 0.25) is 0 Å². The summed E-state index contributed by atoms with van der Waals surface area (Å²) >= 11 is 0. The normalized spacial score (nSPS) is 11.0. The Morgan fingerprint density at radius 3 is 2.12 bits per heavy atom. The average Bonchev–Trinajstić information content (AvgIpc) is 2.62. The van der Waals surface area contributed by atoms with Crippen molar-refractivity contribution in [2.75, 3.05) is 0 Å². The Hall–Kier alpha value is -3.07. The standard InChI is InChI=1S/C22H18FNO/c1-15-20(9-6-14-25)22(18-10-12-19(23)13-11-18)21(16(2)24-15)17-7-4-3-5-8-17/h3-14H,1-2H3/b9-6+. The average molecular weight is 331 g/mol. The van der Waals surface area contributed by atoms with Crippen LogP contribution in [0, 0.1) is 19.7 Å². The van der Waals surface area contributed by atoms with Gasteiger partial charge in [-0.05, 0) is 49.3 Å². The van der Waals surface area contributed by atoms with Gasteiger partial charge in [-0.15, -0.1) is 0 Å². The summed E-state index contributed by atoms with van der Waals surface area (Å²) < 4.78 is 13.4. The van der Waals surface area contributed by atoms with Gasteiger partial charge in [0.1, 0.15) is 12.1 Å². The molecule has 2 nitrogen and oxygen atoms in total. The zero-order chi connectivity index (χ0) is 17.8. The summed E-state index contributed by atoms with van der Waals surface area (Å²) in [5.41, 5.74) is 6.45. The largest absolute Gasteiger partial charge is 0.299 e. The summed E-state index contributed by atoms with van der Waals surface area (Å²) in [4.78, 5) is 15.5. The van der Waals surface area contributed by atoms with Crippen LogP contribution in [0.5, 0.6) is 0 Å². The number of allylic oxidation sites excluding steroid dienone is 1. The fourth-order valence-electron chi connectivity index (χ4n) is 3.08. The first kappa shape index (κ1) is 16.8. The monoisotopic (exact) mass is 331 g/mol. The van der Waals surface area contributed by atoms with Crippen molar-refractivity contribution in [3.63, 3.8) is 0 Å². The van der Waals surface area contributed by atoms with E-state index in [4.69, 9.17) is 0 Å². The van der Waals surface area contributed by atoms with E-state index in [-0.39, 0.29) is 5.82 Å². The second kappa shape index (κ2) is 7.22. The molecule has 0 saturated heterocycles. The van der Waals surface area contributed by atoms with Crippen LogP contribution in [0.15, 0.2) is 60.7 Å². The number of pyridine rings is 1. The minimum Gasteiger partial charge on any atom is -0.299 e. The molecule has 0 aliphatic heterocycles. The van der Waals surface area contributed by atoms with E-state index in [2.05, 4.69) is 4.98 Å². The van der Waals surface area contributed by atoms with Gasteiger partial charge in [-0.25, -0.2) is 4.39 Å². The molecule has 0 fully saturated rings. The van der Waals surface area contributed by atoms with Crippen LogP contribution in [0.3, 0.4) is 0 Å². The highest BCUT2D eigenvalue weighted by Crippen LogP contribution is 2.38. The van der Waals surface area contributed by atoms with E-state index < -0.39 is 0 Å². The predicted octanol–water partition coefficient (Wildman–Crippen LogP) is 5.38. The Morgan fingerprint density at radius 2 is 1.48 bits per heavy atom. The molecule has 0 radical (unpaired) electrons. The van der Waals surface area contributed by atoms with Crippen molar-refractivity contribution in [2.24, 2.45) is 0 Å². The number of hydrogen-bond donors (Lipinski definition) is 0. The number of benzene rings is 2. The number of aromatic nitrogens is 1. The van der Waals surface area contributed by atoms with Crippen molar-refractivity contribution in [1.82, 2.24) is 4.98 Å². The van der Waals surface area contributed by atoms with Gasteiger partial charge in [0.05, 0.1) is 0 Å². The lowest BCUT2D eigenvalue weighted by atomic mass is 9.89. The second-order valence-corrected chi connectivity index (χ2v) is 5.81. The summed E-state index contributed by atoms with van der Waals surface area (Å²) in [6, 6.07) is 16.4. The third-order valence-electron chi connectivity index (χ3n) is 4.14. The fraction of sp³-hybridized carbons (Fsp3) is 0.0909. The fourth-order valence-corrected chi connectivity index (χ4v) is 3.08. The molecule has 25 heavy (non-hydrogen) atoms. The minimum atomic E-state index is -0.280. The van der Waals surface area contributed by atoms with Crippen molar-refractivity contribution in [3.05, 3.63) is 83.4 Å². The zero-order valence-electron chi connectivity index (χ0n) is 14.2. The maximum absolute atomic E-state index is 13.4. The van der Waals surface area contributed by atoms with Gasteiger partial charge in [-0.3, -0.25) is 9.78 Å². The zero-order valence-corrected chi connectivity index (χ0v) is 14.2. The SMILES string of the molecule is Cc1nc(C)c(-c2ccccc2)c(-c2ccc(F)cc2)c1/C=C/C=O. The number of nitrogens with zero attached hydrogens (tertiary/aromatic N) is 1. The molecule has 1 heterocycles. The first-order valence-corrected chi connectivity index (χ1v) is 8.06. The Balaban J connectivity index is 2.39. The molecule has 0 saturated carbocycles. The van der Waals surface area contributed by atoms with Crippen molar-refractivity contribution < 1.29 is 9.18 Å². The summed E-state index contributed by atoms with van der Waals surface area (Å²) in [7, 11) is 0. The van der Waals surface area contributed by atoms with E-state index in [0.717, 1.165) is 45.5 Å². The number of hydrogen-bond acceptors (Lipinski definition) is 2. The Kier molecular flexibility index (Phi) is 4.85. The number of aldehydes is 1. The molecule has 0 bridgehead atoms. The van der Waals surface area contributed by atoms with E-state index in [1.165, 1.54) is 18.2 Å². The van der Waals surface area contributed by atoms with E-state index in [1.807, 2.05) is 44.2 Å². The van der Waals surface area contributed by atoms with Gasteiger partial charge in [0.25, 0.3) is 0 Å². The third-order valence-corrected chi connectivity index (χ3v) is 4.14. The number of halogens is 1. The van der Waals surface area contributed by atoms with Gasteiger partial charge < -0.3 is 0 Å². The molecule has 124 valence electrons. The minimum absolute atomic E-state index is 0.280. The first-order chi connectivity index (χ1) is 12.1. The third kappa shape index (κ3) is 3.41. The van der Waals surface area contributed by atoms with E-state index in [9.17, 15) is 9.18 Å². The van der Waals surface area contributed by atoms with E-state index in [1.54, 1.807) is 18.2 Å². The predicted molar refractivity (Wildman–Crippen MR) is 99.6 cm³/mol. The summed E-state index contributed by atoms with van der Waals surface area (Å²) in [5, 5.41) is 0. The van der Waals surface area contributed by atoms with Gasteiger partial charge in [-0.1, -0.05) is 42.5 Å². The molecule has 0 spiro atoms. The van der Waals surface area contributed by atoms with Crippen LogP contribution >= 0.6 is 0 Å². The van der Waals surface area contributed by atoms with Crippen molar-refractivity contribution in [3.8, 4) is 22.3 Å². The Bertz CT molecular complexity index is 928. The van der Waals surface area contributed by atoms with Gasteiger partial charge in [0.2, 0.25) is 0 Å². The molecule has 0 unspecified atom stereocenters. The Labute approximate surface area is 146 Å². The molecule has 0 aliphatic rings. The van der Waals surface area contributed by atoms with Crippen LogP contribution in [0.4, 0.5) is 4.39 Å². The lowest BCUT2D eigenvalue weighted by Gasteiger charge is -2.18. The van der Waals surface area contributed by atoms with E-state index >= 15 is 0 Å². The molecule has 1 aromatic heterocycles. The van der Waals surface area contributed by atoms with Gasteiger partial charge in [0, 0.05) is 28.1 Å². The molecule has 2 aromatic carbocycles. The van der Waals surface area contributed by atoms with Crippen LogP contribution in [-0.4, -0.2) is 11.3 Å². The molecule has 0 N–H and O–H groups in total. The Morgan fingerprint density at radius 1 is 0.840 bits per heavy atom. The quantitative estimate of drug-likeness (QED) is 0.474. The van der Waals surface area contributed by atoms with Crippen molar-refractivity contribution in [2.45, 2.75) is 13.8 Å². The molecular weight excluding hydrogens is 313 g/mol. The van der Waals surface area contributed by atoms with Crippen LogP contribution in [0.1, 0.15) is 17.0 Å². The lowest BCUT2D eigenvalue weighted by Crippen LogP contribution is -2.00. The van der Waals surface area contributed by atoms with Gasteiger partial charge >= 0.3 is 0 Å².